The van der Waals surface area contributed by atoms with Gasteiger partial charge in [-0.3, -0.25) is 4.57 Å². The Balaban J connectivity index is 2.32. The number of aromatic nitrogens is 4. The average molecular weight is 192 g/mol. The largest absolute Gasteiger partial charge is 0.337 e. The zero-order valence-corrected chi connectivity index (χ0v) is 8.21. The lowest BCUT2D eigenvalue weighted by Gasteiger charge is -2.01. The molecular weight excluding hydrogens is 180 g/mol. The molecule has 2 heterocycles. The fourth-order valence-corrected chi connectivity index (χ4v) is 1.33. The third kappa shape index (κ3) is 1.37. The van der Waals surface area contributed by atoms with Crippen LogP contribution in [0.4, 0.5) is 0 Å². The first-order chi connectivity index (χ1) is 6.68. The molecule has 0 spiro atoms. The molecule has 2 rings (SSSR count). The molecule has 0 N–H and O–H groups in total. The molecule has 0 fully saturated rings. The van der Waals surface area contributed by atoms with Gasteiger partial charge in [0.25, 0.3) is 0 Å². The molecule has 0 saturated heterocycles. The van der Waals surface area contributed by atoms with Crippen LogP contribution in [0.25, 0.3) is 0 Å². The molecule has 0 aliphatic heterocycles. The van der Waals surface area contributed by atoms with Gasteiger partial charge in [-0.2, -0.15) is 0 Å². The van der Waals surface area contributed by atoms with Crippen molar-refractivity contribution in [1.82, 2.24) is 18.7 Å². The fourth-order valence-electron chi connectivity index (χ4n) is 1.33. The predicted octanol–water partition coefficient (Wildman–Crippen LogP) is -0.0314. The highest BCUT2D eigenvalue weighted by atomic mass is 16.1. The van der Waals surface area contributed by atoms with Crippen molar-refractivity contribution in [3.63, 3.8) is 0 Å². The van der Waals surface area contributed by atoms with Gasteiger partial charge in [-0.15, -0.1) is 0 Å². The summed E-state index contributed by atoms with van der Waals surface area (Å²) in [5.41, 5.74) is -0.0204. The second-order valence-corrected chi connectivity index (χ2v) is 3.27. The van der Waals surface area contributed by atoms with Gasteiger partial charge in [-0.25, -0.2) is 9.78 Å². The Hall–Kier alpha value is -1.78. The summed E-state index contributed by atoms with van der Waals surface area (Å²) in [5.74, 6) is 0.873. The number of rotatable bonds is 2. The van der Waals surface area contributed by atoms with Crippen molar-refractivity contribution in [3.8, 4) is 0 Å². The second-order valence-electron chi connectivity index (χ2n) is 3.27. The highest BCUT2D eigenvalue weighted by Gasteiger charge is 2.03. The summed E-state index contributed by atoms with van der Waals surface area (Å²) in [5, 5.41) is 0. The molecule has 5 heteroatoms. The normalized spacial score (nSPS) is 10.7. The number of imidazole rings is 2. The average Bonchev–Trinajstić information content (AvgIpc) is 2.68. The molecule has 0 aromatic carbocycles. The summed E-state index contributed by atoms with van der Waals surface area (Å²) in [6.45, 7) is 0.517. The monoisotopic (exact) mass is 192 g/mol. The second kappa shape index (κ2) is 3.17. The molecule has 74 valence electrons. The molecular formula is C9H12N4O. The molecule has 0 aliphatic carbocycles. The first kappa shape index (κ1) is 8.80. The summed E-state index contributed by atoms with van der Waals surface area (Å²) in [4.78, 5) is 15.7. The minimum atomic E-state index is -0.0204. The summed E-state index contributed by atoms with van der Waals surface area (Å²) >= 11 is 0. The van der Waals surface area contributed by atoms with E-state index < -0.39 is 0 Å². The zero-order valence-electron chi connectivity index (χ0n) is 8.21. The van der Waals surface area contributed by atoms with Gasteiger partial charge in [0.15, 0.2) is 0 Å². The van der Waals surface area contributed by atoms with Gasteiger partial charge in [0.2, 0.25) is 0 Å². The number of hydrogen-bond donors (Lipinski definition) is 0. The SMILES string of the molecule is Cn1ccnc1Cn1ccn(C)c1=O. The number of nitrogens with zero attached hydrogens (tertiary/aromatic N) is 4. The fraction of sp³-hybridized carbons (Fsp3) is 0.333. The van der Waals surface area contributed by atoms with Crippen LogP contribution in [-0.4, -0.2) is 18.7 Å². The van der Waals surface area contributed by atoms with Gasteiger partial charge < -0.3 is 9.13 Å². The summed E-state index contributed by atoms with van der Waals surface area (Å²) in [7, 11) is 3.65. The Morgan fingerprint density at radius 1 is 1.21 bits per heavy atom. The van der Waals surface area contributed by atoms with Gasteiger partial charge in [0, 0.05) is 38.9 Å². The molecule has 2 aromatic rings. The van der Waals surface area contributed by atoms with Gasteiger partial charge in [0.05, 0.1) is 6.54 Å². The van der Waals surface area contributed by atoms with Crippen LogP contribution >= 0.6 is 0 Å². The van der Waals surface area contributed by atoms with E-state index in [2.05, 4.69) is 4.98 Å². The third-order valence-electron chi connectivity index (χ3n) is 2.25. The lowest BCUT2D eigenvalue weighted by molar-refractivity contribution is 0.661. The van der Waals surface area contributed by atoms with Gasteiger partial charge in [-0.1, -0.05) is 0 Å². The summed E-state index contributed by atoms with van der Waals surface area (Å²) in [6.07, 6.45) is 7.09. The Labute approximate surface area is 81.2 Å². The Morgan fingerprint density at radius 3 is 2.50 bits per heavy atom. The van der Waals surface area contributed by atoms with Crippen LogP contribution in [-0.2, 0) is 20.6 Å². The van der Waals surface area contributed by atoms with E-state index in [0.717, 1.165) is 5.82 Å². The molecule has 0 bridgehead atoms. The van der Waals surface area contributed by atoms with Crippen molar-refractivity contribution < 1.29 is 0 Å². The minimum absolute atomic E-state index is 0.0204. The van der Waals surface area contributed by atoms with Crippen LogP contribution in [0.3, 0.4) is 0 Å². The van der Waals surface area contributed by atoms with Crippen molar-refractivity contribution in [1.29, 1.82) is 0 Å². The van der Waals surface area contributed by atoms with Gasteiger partial charge in [-0.05, 0) is 0 Å². The van der Waals surface area contributed by atoms with Crippen molar-refractivity contribution in [2.75, 3.05) is 0 Å². The Kier molecular flexibility index (Phi) is 1.99. The maximum Gasteiger partial charge on any atom is 0.328 e. The van der Waals surface area contributed by atoms with Crippen molar-refractivity contribution in [2.24, 2.45) is 14.1 Å². The topological polar surface area (TPSA) is 44.8 Å². The predicted molar refractivity (Wildman–Crippen MR) is 52.0 cm³/mol. The van der Waals surface area contributed by atoms with Crippen LogP contribution in [0, 0.1) is 0 Å². The van der Waals surface area contributed by atoms with Gasteiger partial charge in [0.1, 0.15) is 5.82 Å². The minimum Gasteiger partial charge on any atom is -0.337 e. The number of hydrogen-bond acceptors (Lipinski definition) is 2. The van der Waals surface area contributed by atoms with Crippen LogP contribution in [0.1, 0.15) is 5.82 Å². The third-order valence-corrected chi connectivity index (χ3v) is 2.25. The van der Waals surface area contributed by atoms with Crippen molar-refractivity contribution in [3.05, 3.63) is 41.1 Å². The quantitative estimate of drug-likeness (QED) is 0.670. The van der Waals surface area contributed by atoms with Gasteiger partial charge >= 0.3 is 5.69 Å². The highest BCUT2D eigenvalue weighted by molar-refractivity contribution is 4.94. The molecule has 0 aliphatic rings. The maximum atomic E-state index is 11.5. The summed E-state index contributed by atoms with van der Waals surface area (Å²) in [6, 6.07) is 0. The number of aryl methyl sites for hydroxylation is 2. The smallest absolute Gasteiger partial charge is 0.328 e. The molecule has 0 atom stereocenters. The van der Waals surface area contributed by atoms with E-state index >= 15 is 0 Å². The van der Waals surface area contributed by atoms with E-state index in [9.17, 15) is 4.79 Å². The lowest BCUT2D eigenvalue weighted by Crippen LogP contribution is -2.23. The van der Waals surface area contributed by atoms with E-state index in [1.54, 1.807) is 34.8 Å². The van der Waals surface area contributed by atoms with E-state index in [-0.39, 0.29) is 5.69 Å². The van der Waals surface area contributed by atoms with E-state index in [0.29, 0.717) is 6.54 Å². The zero-order chi connectivity index (χ0) is 10.1. The molecule has 0 amide bonds. The van der Waals surface area contributed by atoms with E-state index in [4.69, 9.17) is 0 Å². The van der Waals surface area contributed by atoms with Crippen molar-refractivity contribution in [2.45, 2.75) is 6.54 Å². The van der Waals surface area contributed by atoms with E-state index in [1.807, 2.05) is 17.8 Å². The standard InChI is InChI=1S/C9H12N4O/c1-11-4-3-10-8(11)7-13-6-5-12(2)9(13)14/h3-6H,7H2,1-2H3. The molecule has 5 nitrogen and oxygen atoms in total. The first-order valence-corrected chi connectivity index (χ1v) is 4.36. The summed E-state index contributed by atoms with van der Waals surface area (Å²) < 4.78 is 5.07. The highest BCUT2D eigenvalue weighted by Crippen LogP contribution is 1.96. The van der Waals surface area contributed by atoms with Crippen LogP contribution in [0.15, 0.2) is 29.6 Å². The van der Waals surface area contributed by atoms with E-state index in [1.165, 1.54) is 0 Å². The molecule has 0 radical (unpaired) electrons. The molecule has 0 saturated carbocycles. The van der Waals surface area contributed by atoms with Crippen LogP contribution < -0.4 is 5.69 Å². The van der Waals surface area contributed by atoms with Crippen LogP contribution in [0.5, 0.6) is 0 Å². The van der Waals surface area contributed by atoms with Crippen LogP contribution in [0.2, 0.25) is 0 Å². The Morgan fingerprint density at radius 2 is 2.00 bits per heavy atom. The molecule has 0 unspecified atom stereocenters. The first-order valence-electron chi connectivity index (χ1n) is 4.36. The maximum absolute atomic E-state index is 11.5. The lowest BCUT2D eigenvalue weighted by atomic mass is 10.6. The Bertz CT molecular complexity index is 491. The molecule has 2 aromatic heterocycles. The van der Waals surface area contributed by atoms with Crippen molar-refractivity contribution >= 4 is 0 Å². The molecule has 14 heavy (non-hydrogen) atoms.